The van der Waals surface area contributed by atoms with Crippen molar-refractivity contribution in [1.29, 1.82) is 5.26 Å². The van der Waals surface area contributed by atoms with E-state index in [0.29, 0.717) is 5.56 Å². The third-order valence-corrected chi connectivity index (χ3v) is 2.85. The normalized spacial score (nSPS) is 12.3. The molecule has 0 bridgehead atoms. The van der Waals surface area contributed by atoms with E-state index < -0.39 is 17.3 Å². The maximum Gasteiger partial charge on any atom is 0.318 e. The number of carbonyl (C=O) groups excluding carboxylic acids is 2. The van der Waals surface area contributed by atoms with E-state index in [0.717, 1.165) is 0 Å². The van der Waals surface area contributed by atoms with Crippen LogP contribution in [0.2, 0.25) is 0 Å². The number of rotatable bonds is 5. The van der Waals surface area contributed by atoms with Crippen molar-refractivity contribution in [3.05, 3.63) is 35.9 Å². The Kier molecular flexibility index (Phi) is 4.82. The SMILES string of the molecule is CCOC(=O)C(C(=O)c1ccccc1)C(C)(C)C#N. The van der Waals surface area contributed by atoms with Gasteiger partial charge in [0.2, 0.25) is 0 Å². The molecule has 1 aromatic rings. The number of ketones is 1. The number of hydrogen-bond acceptors (Lipinski definition) is 4. The van der Waals surface area contributed by atoms with Gasteiger partial charge in [-0.3, -0.25) is 9.59 Å². The van der Waals surface area contributed by atoms with Crippen molar-refractivity contribution in [1.82, 2.24) is 0 Å². The molecule has 4 nitrogen and oxygen atoms in total. The first-order valence-corrected chi connectivity index (χ1v) is 6.11. The van der Waals surface area contributed by atoms with Crippen molar-refractivity contribution in [2.75, 3.05) is 6.61 Å². The third kappa shape index (κ3) is 3.41. The molecule has 1 aromatic carbocycles. The highest BCUT2D eigenvalue weighted by molar-refractivity contribution is 6.09. The number of carbonyl (C=O) groups is 2. The summed E-state index contributed by atoms with van der Waals surface area (Å²) in [6, 6.07) is 10.5. The first kappa shape index (κ1) is 14.9. The number of nitriles is 1. The molecule has 0 aromatic heterocycles. The van der Waals surface area contributed by atoms with Crippen LogP contribution in [0.15, 0.2) is 30.3 Å². The Labute approximate surface area is 113 Å². The Balaban J connectivity index is 3.15. The summed E-state index contributed by atoms with van der Waals surface area (Å²) in [5, 5.41) is 9.17. The Morgan fingerprint density at radius 3 is 2.37 bits per heavy atom. The number of hydrogen-bond donors (Lipinski definition) is 0. The molecule has 1 unspecified atom stereocenters. The van der Waals surface area contributed by atoms with Gasteiger partial charge < -0.3 is 4.74 Å². The topological polar surface area (TPSA) is 67.2 Å². The molecule has 0 radical (unpaired) electrons. The first-order valence-electron chi connectivity index (χ1n) is 6.11. The van der Waals surface area contributed by atoms with Gasteiger partial charge in [-0.05, 0) is 20.8 Å². The van der Waals surface area contributed by atoms with Gasteiger partial charge >= 0.3 is 5.97 Å². The molecular formula is C15H17NO3. The fourth-order valence-electron chi connectivity index (χ4n) is 1.79. The van der Waals surface area contributed by atoms with Crippen LogP contribution in [0.25, 0.3) is 0 Å². The Morgan fingerprint density at radius 2 is 1.89 bits per heavy atom. The van der Waals surface area contributed by atoms with Crippen LogP contribution < -0.4 is 0 Å². The molecule has 0 saturated carbocycles. The van der Waals surface area contributed by atoms with Gasteiger partial charge in [0, 0.05) is 5.56 Å². The van der Waals surface area contributed by atoms with Gasteiger partial charge in [-0.2, -0.15) is 5.26 Å². The fourth-order valence-corrected chi connectivity index (χ4v) is 1.79. The molecule has 0 aliphatic heterocycles. The van der Waals surface area contributed by atoms with E-state index >= 15 is 0 Å². The molecule has 0 spiro atoms. The zero-order chi connectivity index (χ0) is 14.5. The van der Waals surface area contributed by atoms with Crippen LogP contribution >= 0.6 is 0 Å². The number of esters is 1. The lowest BCUT2D eigenvalue weighted by molar-refractivity contribution is -0.148. The summed E-state index contributed by atoms with van der Waals surface area (Å²) in [6.45, 7) is 4.98. The predicted molar refractivity (Wildman–Crippen MR) is 70.3 cm³/mol. The van der Waals surface area contributed by atoms with Gasteiger partial charge in [0.05, 0.1) is 18.1 Å². The lowest BCUT2D eigenvalue weighted by Crippen LogP contribution is -2.38. The highest BCUT2D eigenvalue weighted by Gasteiger charge is 2.42. The molecular weight excluding hydrogens is 242 g/mol. The average molecular weight is 259 g/mol. The summed E-state index contributed by atoms with van der Waals surface area (Å²) in [5.41, 5.74) is -0.706. The highest BCUT2D eigenvalue weighted by atomic mass is 16.5. The summed E-state index contributed by atoms with van der Waals surface area (Å²) >= 11 is 0. The van der Waals surface area contributed by atoms with E-state index in [1.165, 1.54) is 0 Å². The van der Waals surface area contributed by atoms with E-state index in [1.54, 1.807) is 51.1 Å². The largest absolute Gasteiger partial charge is 0.465 e. The van der Waals surface area contributed by atoms with Crippen molar-refractivity contribution < 1.29 is 14.3 Å². The Morgan fingerprint density at radius 1 is 1.32 bits per heavy atom. The molecule has 1 atom stereocenters. The van der Waals surface area contributed by atoms with Gasteiger partial charge in [-0.25, -0.2) is 0 Å². The number of nitrogens with zero attached hydrogens (tertiary/aromatic N) is 1. The van der Waals surface area contributed by atoms with Crippen LogP contribution in [0, 0.1) is 22.7 Å². The van der Waals surface area contributed by atoms with Gasteiger partial charge in [0.25, 0.3) is 0 Å². The summed E-state index contributed by atoms with van der Waals surface area (Å²) in [4.78, 5) is 24.4. The second-order valence-electron chi connectivity index (χ2n) is 4.75. The molecule has 0 N–H and O–H groups in total. The lowest BCUT2D eigenvalue weighted by atomic mass is 9.76. The van der Waals surface area contributed by atoms with Gasteiger partial charge in [0.15, 0.2) is 5.78 Å². The first-order chi connectivity index (χ1) is 8.94. The monoisotopic (exact) mass is 259 g/mol. The van der Waals surface area contributed by atoms with Crippen LogP contribution in [-0.4, -0.2) is 18.4 Å². The molecule has 100 valence electrons. The second kappa shape index (κ2) is 6.14. The van der Waals surface area contributed by atoms with Crippen molar-refractivity contribution in [2.24, 2.45) is 11.3 Å². The number of ether oxygens (including phenoxy) is 1. The minimum absolute atomic E-state index is 0.179. The summed E-state index contributed by atoms with van der Waals surface area (Å²) in [6.07, 6.45) is 0. The van der Waals surface area contributed by atoms with Crippen molar-refractivity contribution in [3.8, 4) is 6.07 Å². The maximum atomic E-state index is 12.4. The standard InChI is InChI=1S/C15H17NO3/c1-4-19-14(18)12(15(2,3)10-16)13(17)11-8-6-5-7-9-11/h5-9,12H,4H2,1-3H3. The minimum atomic E-state index is -1.11. The van der Waals surface area contributed by atoms with Gasteiger partial charge in [0.1, 0.15) is 5.92 Å². The molecule has 19 heavy (non-hydrogen) atoms. The zero-order valence-electron chi connectivity index (χ0n) is 11.3. The van der Waals surface area contributed by atoms with Crippen LogP contribution in [0.5, 0.6) is 0 Å². The molecule has 4 heteroatoms. The van der Waals surface area contributed by atoms with E-state index in [2.05, 4.69) is 0 Å². The predicted octanol–water partition coefficient (Wildman–Crippen LogP) is 2.60. The molecule has 0 fully saturated rings. The molecule has 0 saturated heterocycles. The quantitative estimate of drug-likeness (QED) is 0.463. The Bertz CT molecular complexity index is 500. The van der Waals surface area contributed by atoms with E-state index in [1.807, 2.05) is 6.07 Å². The van der Waals surface area contributed by atoms with Crippen molar-refractivity contribution in [3.63, 3.8) is 0 Å². The van der Waals surface area contributed by atoms with Crippen LogP contribution in [0.4, 0.5) is 0 Å². The number of benzene rings is 1. The second-order valence-corrected chi connectivity index (χ2v) is 4.75. The average Bonchev–Trinajstić information content (AvgIpc) is 2.40. The molecule has 0 heterocycles. The van der Waals surface area contributed by atoms with E-state index in [9.17, 15) is 9.59 Å². The van der Waals surface area contributed by atoms with E-state index in [-0.39, 0.29) is 12.4 Å². The fraction of sp³-hybridized carbons (Fsp3) is 0.400. The molecule has 1 rings (SSSR count). The van der Waals surface area contributed by atoms with Crippen LogP contribution in [0.3, 0.4) is 0 Å². The molecule has 0 aliphatic rings. The van der Waals surface area contributed by atoms with Crippen LogP contribution in [-0.2, 0) is 9.53 Å². The molecule has 0 amide bonds. The maximum absolute atomic E-state index is 12.4. The van der Waals surface area contributed by atoms with Crippen molar-refractivity contribution >= 4 is 11.8 Å². The smallest absolute Gasteiger partial charge is 0.318 e. The van der Waals surface area contributed by atoms with Gasteiger partial charge in [-0.15, -0.1) is 0 Å². The Hall–Kier alpha value is -2.15. The lowest BCUT2D eigenvalue weighted by Gasteiger charge is -2.24. The number of Topliss-reactive ketones (excluding diaryl/α,β-unsaturated/α-hetero) is 1. The molecule has 0 aliphatic carbocycles. The summed E-state index contributed by atoms with van der Waals surface area (Å²) in [5.74, 6) is -2.15. The van der Waals surface area contributed by atoms with Crippen LogP contribution in [0.1, 0.15) is 31.1 Å². The zero-order valence-corrected chi connectivity index (χ0v) is 11.3. The van der Waals surface area contributed by atoms with Crippen molar-refractivity contribution in [2.45, 2.75) is 20.8 Å². The van der Waals surface area contributed by atoms with Gasteiger partial charge in [-0.1, -0.05) is 30.3 Å². The van der Waals surface area contributed by atoms with E-state index in [4.69, 9.17) is 10.00 Å². The summed E-state index contributed by atoms with van der Waals surface area (Å²) in [7, 11) is 0. The minimum Gasteiger partial charge on any atom is -0.465 e. The highest BCUT2D eigenvalue weighted by Crippen LogP contribution is 2.30. The summed E-state index contributed by atoms with van der Waals surface area (Å²) < 4.78 is 4.92. The third-order valence-electron chi connectivity index (χ3n) is 2.85.